The third kappa shape index (κ3) is 3.04. The van der Waals surface area contributed by atoms with Crippen LogP contribution in [0.3, 0.4) is 0 Å². The largest absolute Gasteiger partial charge is 0.132 e. The standard InChI is InChI=1S/C22H26Si2/c1-17-5-11-20(12-6-17)24(23-4,21-13-7-18(2)8-14-21)22-15-9-19(3)10-16-22/h5-16H,23H2,1-4H3. The van der Waals surface area contributed by atoms with E-state index in [1.807, 2.05) is 0 Å². The molecule has 0 saturated heterocycles. The van der Waals surface area contributed by atoms with Crippen molar-refractivity contribution >= 4 is 32.2 Å². The van der Waals surface area contributed by atoms with Crippen molar-refractivity contribution in [2.24, 2.45) is 0 Å². The van der Waals surface area contributed by atoms with Crippen molar-refractivity contribution in [2.45, 2.75) is 27.3 Å². The molecule has 3 aromatic carbocycles. The fraction of sp³-hybridized carbons (Fsp3) is 0.182. The van der Waals surface area contributed by atoms with Crippen LogP contribution < -0.4 is 15.6 Å². The molecule has 3 aromatic rings. The van der Waals surface area contributed by atoms with Gasteiger partial charge in [-0.3, -0.25) is 0 Å². The Kier molecular flexibility index (Phi) is 4.88. The van der Waals surface area contributed by atoms with E-state index in [0.717, 1.165) is 0 Å². The summed E-state index contributed by atoms with van der Waals surface area (Å²) in [4.78, 5) is 0. The molecule has 0 aromatic heterocycles. The van der Waals surface area contributed by atoms with Gasteiger partial charge in [0.15, 0.2) is 0 Å². The molecule has 2 heteroatoms. The Morgan fingerprint density at radius 1 is 0.500 bits per heavy atom. The summed E-state index contributed by atoms with van der Waals surface area (Å²) in [5.74, 6) is 0. The zero-order valence-corrected chi connectivity index (χ0v) is 17.5. The van der Waals surface area contributed by atoms with Crippen LogP contribution in [0.2, 0.25) is 6.55 Å². The van der Waals surface area contributed by atoms with Gasteiger partial charge in [-0.2, -0.15) is 0 Å². The highest BCUT2D eigenvalue weighted by Crippen LogP contribution is 2.09. The third-order valence-electron chi connectivity index (χ3n) is 5.16. The van der Waals surface area contributed by atoms with Gasteiger partial charge in [-0.05, 0) is 20.8 Å². The van der Waals surface area contributed by atoms with Gasteiger partial charge < -0.3 is 0 Å². The minimum atomic E-state index is -1.83. The average Bonchev–Trinajstić information content (AvgIpc) is 2.60. The van der Waals surface area contributed by atoms with Crippen LogP contribution in [-0.2, 0) is 0 Å². The molecule has 0 nitrogen and oxygen atoms in total. The lowest BCUT2D eigenvalue weighted by Crippen LogP contribution is -2.71. The Morgan fingerprint density at radius 2 is 0.750 bits per heavy atom. The number of hydrogen-bond acceptors (Lipinski definition) is 0. The molecule has 0 spiro atoms. The monoisotopic (exact) mass is 346 g/mol. The molecular formula is C22H26Si2. The Morgan fingerprint density at radius 3 is 0.958 bits per heavy atom. The van der Waals surface area contributed by atoms with E-state index in [2.05, 4.69) is 100 Å². The molecule has 0 aliphatic heterocycles. The molecule has 0 aliphatic rings. The van der Waals surface area contributed by atoms with E-state index >= 15 is 0 Å². The van der Waals surface area contributed by atoms with Crippen molar-refractivity contribution in [3.63, 3.8) is 0 Å². The molecule has 0 atom stereocenters. The summed E-state index contributed by atoms with van der Waals surface area (Å²) in [6, 6.07) is 28.0. The Hall–Kier alpha value is -1.91. The van der Waals surface area contributed by atoms with Crippen LogP contribution in [-0.4, -0.2) is 16.6 Å². The highest BCUT2D eigenvalue weighted by Gasteiger charge is 2.37. The zero-order valence-electron chi connectivity index (χ0n) is 15.1. The van der Waals surface area contributed by atoms with Crippen LogP contribution >= 0.6 is 0 Å². The maximum atomic E-state index is 2.49. The summed E-state index contributed by atoms with van der Waals surface area (Å²) in [5, 5.41) is 4.69. The SMILES string of the molecule is C[SiH2][Si](c1ccc(C)cc1)(c1ccc(C)cc1)c1ccc(C)cc1. The van der Waals surface area contributed by atoms with E-state index in [9.17, 15) is 0 Å². The first kappa shape index (κ1) is 16.9. The quantitative estimate of drug-likeness (QED) is 0.503. The second-order valence-electron chi connectivity index (χ2n) is 6.86. The Bertz CT molecular complexity index is 689. The molecule has 24 heavy (non-hydrogen) atoms. The number of aryl methyl sites for hydroxylation is 3. The predicted molar refractivity (Wildman–Crippen MR) is 113 cm³/mol. The highest BCUT2D eigenvalue weighted by atomic mass is 29.2. The van der Waals surface area contributed by atoms with Crippen LogP contribution in [0.1, 0.15) is 16.7 Å². The molecular weight excluding hydrogens is 320 g/mol. The summed E-state index contributed by atoms with van der Waals surface area (Å²) < 4.78 is 0. The molecule has 122 valence electrons. The van der Waals surface area contributed by atoms with Crippen LogP contribution in [0.15, 0.2) is 72.8 Å². The van der Waals surface area contributed by atoms with Gasteiger partial charge in [-0.25, -0.2) is 0 Å². The lowest BCUT2D eigenvalue weighted by Gasteiger charge is -2.33. The van der Waals surface area contributed by atoms with Crippen molar-refractivity contribution in [1.29, 1.82) is 0 Å². The van der Waals surface area contributed by atoms with E-state index < -0.39 is 7.59 Å². The van der Waals surface area contributed by atoms with Gasteiger partial charge in [0.05, 0.1) is 0 Å². The van der Waals surface area contributed by atoms with Gasteiger partial charge in [-0.15, -0.1) is 0 Å². The summed E-state index contributed by atoms with van der Waals surface area (Å²) in [7, 11) is -2.10. The van der Waals surface area contributed by atoms with Crippen molar-refractivity contribution in [2.75, 3.05) is 0 Å². The van der Waals surface area contributed by atoms with Gasteiger partial charge in [-0.1, -0.05) is 112 Å². The van der Waals surface area contributed by atoms with Gasteiger partial charge >= 0.3 is 0 Å². The van der Waals surface area contributed by atoms with Crippen molar-refractivity contribution in [3.05, 3.63) is 89.5 Å². The molecule has 0 radical (unpaired) electrons. The fourth-order valence-corrected chi connectivity index (χ4v) is 13.9. The maximum absolute atomic E-state index is 2.49. The summed E-state index contributed by atoms with van der Waals surface area (Å²) in [6.07, 6.45) is 0. The topological polar surface area (TPSA) is 0 Å². The van der Waals surface area contributed by atoms with Crippen molar-refractivity contribution in [3.8, 4) is 0 Å². The molecule has 0 amide bonds. The third-order valence-corrected chi connectivity index (χ3v) is 17.0. The molecule has 0 unspecified atom stereocenters. The fourth-order valence-electron chi connectivity index (χ4n) is 3.63. The van der Waals surface area contributed by atoms with E-state index in [1.54, 1.807) is 15.6 Å². The van der Waals surface area contributed by atoms with Crippen molar-refractivity contribution in [1.82, 2.24) is 0 Å². The van der Waals surface area contributed by atoms with E-state index in [4.69, 9.17) is 0 Å². The van der Waals surface area contributed by atoms with Gasteiger partial charge in [0.25, 0.3) is 0 Å². The molecule has 0 fully saturated rings. The first-order chi connectivity index (χ1) is 11.6. The first-order valence-electron chi connectivity index (χ1n) is 8.77. The Balaban J connectivity index is 2.27. The van der Waals surface area contributed by atoms with Crippen molar-refractivity contribution < 1.29 is 0 Å². The van der Waals surface area contributed by atoms with E-state index in [-0.39, 0.29) is 9.04 Å². The average molecular weight is 347 g/mol. The van der Waals surface area contributed by atoms with E-state index in [0.29, 0.717) is 0 Å². The molecule has 0 N–H and O–H groups in total. The highest BCUT2D eigenvalue weighted by molar-refractivity contribution is 7.43. The van der Waals surface area contributed by atoms with Crippen LogP contribution in [0.5, 0.6) is 0 Å². The molecule has 3 rings (SSSR count). The Labute approximate surface area is 149 Å². The van der Waals surface area contributed by atoms with Crippen LogP contribution in [0, 0.1) is 20.8 Å². The van der Waals surface area contributed by atoms with Gasteiger partial charge in [0.2, 0.25) is 0 Å². The second-order valence-corrected chi connectivity index (χ2v) is 16.4. The minimum absolute atomic E-state index is 0.272. The predicted octanol–water partition coefficient (Wildman–Crippen LogP) is 2.80. The summed E-state index contributed by atoms with van der Waals surface area (Å²) in [6.45, 7) is 9.02. The number of rotatable bonds is 4. The number of hydrogen-bond donors (Lipinski definition) is 0. The molecule has 0 aliphatic carbocycles. The van der Waals surface area contributed by atoms with Crippen LogP contribution in [0.25, 0.3) is 0 Å². The molecule has 0 saturated carbocycles. The molecule has 0 heterocycles. The van der Waals surface area contributed by atoms with Crippen LogP contribution in [0.4, 0.5) is 0 Å². The smallest absolute Gasteiger partial charge is 0.0757 e. The first-order valence-corrected chi connectivity index (χ1v) is 14.5. The minimum Gasteiger partial charge on any atom is -0.0757 e. The maximum Gasteiger partial charge on any atom is 0.132 e. The second kappa shape index (κ2) is 6.92. The number of benzene rings is 3. The van der Waals surface area contributed by atoms with E-state index in [1.165, 1.54) is 16.7 Å². The van der Waals surface area contributed by atoms with Gasteiger partial charge in [0, 0.05) is 9.04 Å². The van der Waals surface area contributed by atoms with Gasteiger partial charge in [0.1, 0.15) is 7.59 Å². The lowest BCUT2D eigenvalue weighted by molar-refractivity contribution is 1.47. The summed E-state index contributed by atoms with van der Waals surface area (Å²) in [5.41, 5.74) is 4.02. The zero-order chi connectivity index (χ0) is 17.2. The summed E-state index contributed by atoms with van der Waals surface area (Å²) >= 11 is 0. The molecule has 0 bridgehead atoms. The normalized spacial score (nSPS) is 12.0. The lowest BCUT2D eigenvalue weighted by atomic mass is 10.2.